The predicted octanol–water partition coefficient (Wildman–Crippen LogP) is 8.09. The molecule has 4 aliphatic rings. The molecular formula is C47H47F6N3O10. The zero-order valence-electron chi connectivity index (χ0n) is 35.7. The molecule has 0 aromatic heterocycles. The lowest BCUT2D eigenvalue weighted by Gasteiger charge is -2.35. The number of nitrogens with zero attached hydrogens (tertiary/aromatic N) is 2. The van der Waals surface area contributed by atoms with Crippen molar-refractivity contribution in [2.24, 2.45) is 11.8 Å². The lowest BCUT2D eigenvalue weighted by Crippen LogP contribution is -2.42. The van der Waals surface area contributed by atoms with E-state index < -0.39 is 47.4 Å². The van der Waals surface area contributed by atoms with Gasteiger partial charge in [-0.05, 0) is 73.2 Å². The maximum Gasteiger partial charge on any atom is 0.416 e. The van der Waals surface area contributed by atoms with E-state index in [1.807, 2.05) is 0 Å². The molecule has 4 aromatic rings. The van der Waals surface area contributed by atoms with Gasteiger partial charge in [0.05, 0.1) is 49.0 Å². The van der Waals surface area contributed by atoms with E-state index in [1.165, 1.54) is 77.0 Å². The summed E-state index contributed by atoms with van der Waals surface area (Å²) in [6.07, 6.45) is -7.18. The van der Waals surface area contributed by atoms with Gasteiger partial charge < -0.3 is 33.5 Å². The molecule has 0 spiro atoms. The Morgan fingerprint density at radius 1 is 0.621 bits per heavy atom. The predicted molar refractivity (Wildman–Crippen MR) is 221 cm³/mol. The summed E-state index contributed by atoms with van der Waals surface area (Å²) >= 11 is 0. The third-order valence-corrected chi connectivity index (χ3v) is 12.1. The molecule has 0 bridgehead atoms. The largest absolute Gasteiger partial charge is 0.491 e. The normalized spacial score (nSPS) is 19.3. The summed E-state index contributed by atoms with van der Waals surface area (Å²) in [6.45, 7) is 1.38. The molecule has 2 saturated heterocycles. The topological polar surface area (TPSA) is 153 Å². The van der Waals surface area contributed by atoms with Crippen LogP contribution in [0.25, 0.3) is 0 Å². The summed E-state index contributed by atoms with van der Waals surface area (Å²) in [5.74, 6) is -1.87. The second-order valence-corrected chi connectivity index (χ2v) is 16.1. The molecule has 66 heavy (non-hydrogen) atoms. The van der Waals surface area contributed by atoms with Gasteiger partial charge in [0.15, 0.2) is 0 Å². The number of nitrogens with one attached hydrogen (secondary N) is 1. The first-order chi connectivity index (χ1) is 31.6. The molecule has 13 nitrogen and oxygen atoms in total. The maximum atomic E-state index is 13.8. The number of carbonyl (C=O) groups excluding carboxylic acids is 4. The quantitative estimate of drug-likeness (QED) is 0.0840. The lowest BCUT2D eigenvalue weighted by atomic mass is 9.94. The van der Waals surface area contributed by atoms with Crippen molar-refractivity contribution in [1.29, 1.82) is 0 Å². The number of benzene rings is 4. The summed E-state index contributed by atoms with van der Waals surface area (Å²) in [5, 5.41) is 8.89. The number of halogens is 6. The third kappa shape index (κ3) is 10.7. The highest BCUT2D eigenvalue weighted by Gasteiger charge is 2.42. The molecule has 19 heteroatoms. The number of ether oxygens (including phenoxy) is 5. The van der Waals surface area contributed by atoms with Crippen LogP contribution in [-0.4, -0.2) is 85.4 Å². The van der Waals surface area contributed by atoms with Gasteiger partial charge in [0.1, 0.15) is 24.7 Å². The molecule has 2 atom stereocenters. The van der Waals surface area contributed by atoms with Gasteiger partial charge in [0.25, 0.3) is 5.91 Å². The summed E-state index contributed by atoms with van der Waals surface area (Å²) in [7, 11) is 1.26. The van der Waals surface area contributed by atoms with Crippen LogP contribution in [0.3, 0.4) is 0 Å². The molecule has 4 aliphatic heterocycles. The molecule has 0 unspecified atom stereocenters. The highest BCUT2D eigenvalue weighted by atomic mass is 19.4. The van der Waals surface area contributed by atoms with E-state index in [2.05, 4.69) is 0 Å². The molecule has 4 heterocycles. The van der Waals surface area contributed by atoms with Crippen molar-refractivity contribution in [1.82, 2.24) is 15.3 Å². The van der Waals surface area contributed by atoms with Crippen molar-refractivity contribution in [3.63, 3.8) is 0 Å². The Kier molecular flexibility index (Phi) is 14.9. The van der Waals surface area contributed by atoms with E-state index in [-0.39, 0.29) is 78.0 Å². The zero-order chi connectivity index (χ0) is 47.2. The smallest absolute Gasteiger partial charge is 0.416 e. The average molecular weight is 928 g/mol. The Hall–Kier alpha value is -6.18. The fraction of sp³-hybridized carbons (Fsp3) is 0.404. The third-order valence-electron chi connectivity index (χ3n) is 12.1. The fourth-order valence-corrected chi connectivity index (χ4v) is 8.62. The van der Waals surface area contributed by atoms with E-state index in [4.69, 9.17) is 28.9 Å². The van der Waals surface area contributed by atoms with Crippen molar-refractivity contribution in [2.45, 2.75) is 63.2 Å². The van der Waals surface area contributed by atoms with E-state index in [1.54, 1.807) is 18.2 Å². The van der Waals surface area contributed by atoms with Crippen LogP contribution in [-0.2, 0) is 49.2 Å². The van der Waals surface area contributed by atoms with Crippen LogP contribution in [0.5, 0.6) is 11.5 Å². The van der Waals surface area contributed by atoms with Gasteiger partial charge in [-0.2, -0.15) is 26.3 Å². The number of hydrogen-bond acceptors (Lipinski definition) is 10. The summed E-state index contributed by atoms with van der Waals surface area (Å²) in [4.78, 5) is 53.7. The van der Waals surface area contributed by atoms with Crippen LogP contribution in [0.15, 0.2) is 84.9 Å². The van der Waals surface area contributed by atoms with Crippen LogP contribution in [0.2, 0.25) is 0 Å². The minimum Gasteiger partial charge on any atom is -0.491 e. The Labute approximate surface area is 375 Å². The lowest BCUT2D eigenvalue weighted by molar-refractivity contribution is -0.145. The Morgan fingerprint density at radius 3 is 1.44 bits per heavy atom. The molecule has 3 amide bonds. The van der Waals surface area contributed by atoms with Crippen molar-refractivity contribution in [3.8, 4) is 11.5 Å². The zero-order valence-corrected chi connectivity index (χ0v) is 35.7. The van der Waals surface area contributed by atoms with Crippen molar-refractivity contribution in [3.05, 3.63) is 129 Å². The monoisotopic (exact) mass is 927 g/mol. The Bertz CT molecular complexity index is 2240. The second-order valence-electron chi connectivity index (χ2n) is 16.1. The highest BCUT2D eigenvalue weighted by molar-refractivity contribution is 5.94. The molecule has 2 N–H and O–H groups in total. The SMILES string of the molecule is COC(=O)c1ccc2c(c1)OC[C@@H](c1ccccc1C(F)(F)F)N(C(=O)C1CCOCC1)C2.O=C(NO)c1ccc2c(c1)OC[C@@H](c1ccccc1C(F)(F)F)N(C(=O)C1CCOCC1)C2. The minimum absolute atomic E-state index is 0.0173. The standard InChI is InChI=1S/C24H24F3NO5.C23H23F3N2O5/c1-31-23(30)16-6-7-17-13-28(22(29)15-8-10-32-11-9-15)20(14-33-21(17)12-16)18-4-2-3-5-19(18)24(25,26)27;24-23(25,26)18-4-2-1-3-17(18)19-13-33-20-11-15(21(29)27-31)5-6-16(20)12-28(19)22(30)14-7-9-32-10-8-14/h2-7,12,15,20H,8-11,13-14H2,1H3;1-6,11,14,19,31H,7-10,12-13H2,(H,27,29)/t20-;19-/m00/s1. The van der Waals surface area contributed by atoms with E-state index >= 15 is 0 Å². The second kappa shape index (κ2) is 20.6. The van der Waals surface area contributed by atoms with Crippen LogP contribution >= 0.6 is 0 Å². The molecular weight excluding hydrogens is 881 g/mol. The van der Waals surface area contributed by atoms with Crippen LogP contribution in [0, 0.1) is 11.8 Å². The van der Waals surface area contributed by atoms with Gasteiger partial charge in [0.2, 0.25) is 11.8 Å². The number of esters is 1. The van der Waals surface area contributed by atoms with Gasteiger partial charge in [-0.25, -0.2) is 10.3 Å². The molecule has 0 aliphatic carbocycles. The van der Waals surface area contributed by atoms with Crippen LogP contribution < -0.4 is 15.0 Å². The van der Waals surface area contributed by atoms with E-state index in [9.17, 15) is 45.5 Å². The van der Waals surface area contributed by atoms with Gasteiger partial charge in [-0.3, -0.25) is 19.6 Å². The minimum atomic E-state index is -4.60. The number of alkyl halides is 6. The van der Waals surface area contributed by atoms with Crippen molar-refractivity contribution < 1.29 is 74.4 Å². The van der Waals surface area contributed by atoms with Crippen LogP contribution in [0.4, 0.5) is 26.3 Å². The number of amides is 3. The fourth-order valence-electron chi connectivity index (χ4n) is 8.62. The average Bonchev–Trinajstić information content (AvgIpc) is 3.65. The van der Waals surface area contributed by atoms with Crippen LogP contribution in [0.1, 0.15) is 91.9 Å². The molecule has 2 fully saturated rings. The first-order valence-corrected chi connectivity index (χ1v) is 21.2. The molecule has 4 aromatic carbocycles. The van der Waals surface area contributed by atoms with E-state index in [0.717, 1.165) is 12.1 Å². The summed E-state index contributed by atoms with van der Waals surface area (Å²) < 4.78 is 110. The first-order valence-electron chi connectivity index (χ1n) is 21.2. The Balaban J connectivity index is 0.000000196. The van der Waals surface area contributed by atoms with Gasteiger partial charge in [-0.1, -0.05) is 48.5 Å². The van der Waals surface area contributed by atoms with Gasteiger partial charge in [-0.15, -0.1) is 0 Å². The van der Waals surface area contributed by atoms with Gasteiger partial charge >= 0.3 is 18.3 Å². The van der Waals surface area contributed by atoms with Crippen molar-refractivity contribution >= 4 is 23.7 Å². The Morgan fingerprint density at radius 2 is 1.03 bits per heavy atom. The number of carbonyl (C=O) groups is 4. The van der Waals surface area contributed by atoms with Crippen molar-refractivity contribution in [2.75, 3.05) is 46.8 Å². The number of fused-ring (bicyclic) bond motifs is 2. The number of hydrogen-bond donors (Lipinski definition) is 2. The maximum absolute atomic E-state index is 13.8. The molecule has 8 rings (SSSR count). The summed E-state index contributed by atoms with van der Waals surface area (Å²) in [5.41, 5.74) is 1.37. The van der Waals surface area contributed by atoms with E-state index in [0.29, 0.717) is 69.0 Å². The first kappa shape index (κ1) is 47.8. The number of rotatable bonds is 6. The molecule has 0 radical (unpaired) electrons. The summed E-state index contributed by atoms with van der Waals surface area (Å²) in [6, 6.07) is 17.6. The number of hydroxylamine groups is 1. The molecule has 0 saturated carbocycles. The number of methoxy groups -OCH3 is 1. The highest BCUT2D eigenvalue weighted by Crippen LogP contribution is 2.42. The van der Waals surface area contributed by atoms with Gasteiger partial charge in [0, 0.05) is 55.0 Å². The molecule has 352 valence electrons.